The Hall–Kier alpha value is -2.64. The standard InChI is InChI=1S/C19H20N2O4S/c1-12-7-8-13(2)18(9-12)26(24,25)21-17(19(22)23)10-14-11-20-16-6-4-3-5-15(14)16/h3-9,11,17,20-21H,10H2,1-2H3,(H,22,23)/p-1. The maximum absolute atomic E-state index is 12.7. The molecule has 136 valence electrons. The van der Waals surface area contributed by atoms with Crippen LogP contribution in [0.4, 0.5) is 0 Å². The summed E-state index contributed by atoms with van der Waals surface area (Å²) in [5.41, 5.74) is 2.89. The van der Waals surface area contributed by atoms with E-state index in [1.165, 1.54) is 6.07 Å². The van der Waals surface area contributed by atoms with Gasteiger partial charge in [-0.2, -0.15) is 0 Å². The highest BCUT2D eigenvalue weighted by Crippen LogP contribution is 2.21. The molecule has 2 aromatic carbocycles. The lowest BCUT2D eigenvalue weighted by Crippen LogP contribution is -2.49. The Bertz CT molecular complexity index is 1070. The third kappa shape index (κ3) is 3.63. The number of fused-ring (bicyclic) bond motifs is 1. The fourth-order valence-corrected chi connectivity index (χ4v) is 4.46. The molecule has 0 amide bonds. The van der Waals surface area contributed by atoms with E-state index in [0.717, 1.165) is 16.5 Å². The quantitative estimate of drug-likeness (QED) is 0.684. The first-order valence-electron chi connectivity index (χ1n) is 8.13. The number of H-pyrrole nitrogens is 1. The molecule has 0 bridgehead atoms. The van der Waals surface area contributed by atoms with Gasteiger partial charge in [-0.3, -0.25) is 0 Å². The molecule has 0 saturated carbocycles. The monoisotopic (exact) mass is 371 g/mol. The molecule has 7 heteroatoms. The summed E-state index contributed by atoms with van der Waals surface area (Å²) < 4.78 is 27.7. The van der Waals surface area contributed by atoms with Crippen molar-refractivity contribution in [3.8, 4) is 0 Å². The molecule has 1 heterocycles. The van der Waals surface area contributed by atoms with Crippen molar-refractivity contribution in [1.29, 1.82) is 0 Å². The van der Waals surface area contributed by atoms with E-state index < -0.39 is 22.0 Å². The minimum Gasteiger partial charge on any atom is -0.548 e. The molecule has 0 saturated heterocycles. The molecule has 0 fully saturated rings. The van der Waals surface area contributed by atoms with Crippen molar-refractivity contribution in [3.05, 3.63) is 65.4 Å². The number of aryl methyl sites for hydroxylation is 2. The van der Waals surface area contributed by atoms with Crippen molar-refractivity contribution in [1.82, 2.24) is 9.71 Å². The predicted octanol–water partition coefficient (Wildman–Crippen LogP) is 1.42. The minimum atomic E-state index is -4.00. The largest absolute Gasteiger partial charge is 0.548 e. The van der Waals surface area contributed by atoms with Gasteiger partial charge in [0.15, 0.2) is 0 Å². The summed E-state index contributed by atoms with van der Waals surface area (Å²) in [7, 11) is -4.00. The van der Waals surface area contributed by atoms with E-state index in [-0.39, 0.29) is 11.3 Å². The summed E-state index contributed by atoms with van der Waals surface area (Å²) in [5, 5.41) is 12.4. The highest BCUT2D eigenvalue weighted by molar-refractivity contribution is 7.89. The summed E-state index contributed by atoms with van der Waals surface area (Å²) in [6.07, 6.45) is 1.67. The molecule has 1 atom stereocenters. The lowest BCUT2D eigenvalue weighted by molar-refractivity contribution is -0.307. The van der Waals surface area contributed by atoms with Crippen LogP contribution in [0.5, 0.6) is 0 Å². The van der Waals surface area contributed by atoms with Crippen LogP contribution >= 0.6 is 0 Å². The van der Waals surface area contributed by atoms with Gasteiger partial charge in [-0.25, -0.2) is 13.1 Å². The van der Waals surface area contributed by atoms with Crippen LogP contribution in [0.2, 0.25) is 0 Å². The second kappa shape index (κ2) is 6.93. The fraction of sp³-hybridized carbons (Fsp3) is 0.211. The van der Waals surface area contributed by atoms with E-state index in [9.17, 15) is 18.3 Å². The van der Waals surface area contributed by atoms with Gasteiger partial charge in [-0.15, -0.1) is 0 Å². The van der Waals surface area contributed by atoms with Gasteiger partial charge in [0.2, 0.25) is 10.0 Å². The number of carboxylic acids is 1. The molecule has 6 nitrogen and oxygen atoms in total. The Balaban J connectivity index is 1.91. The Labute approximate surface area is 151 Å². The van der Waals surface area contributed by atoms with Gasteiger partial charge in [0.1, 0.15) is 0 Å². The van der Waals surface area contributed by atoms with Crippen LogP contribution in [-0.2, 0) is 21.2 Å². The van der Waals surface area contributed by atoms with E-state index in [1.54, 1.807) is 32.2 Å². The van der Waals surface area contributed by atoms with Crippen LogP contribution in [0.15, 0.2) is 53.6 Å². The summed E-state index contributed by atoms with van der Waals surface area (Å²) >= 11 is 0. The van der Waals surface area contributed by atoms with Crippen molar-refractivity contribution >= 4 is 26.9 Å². The number of hydrogen-bond donors (Lipinski definition) is 2. The third-order valence-electron chi connectivity index (χ3n) is 4.31. The third-order valence-corrected chi connectivity index (χ3v) is 5.93. The van der Waals surface area contributed by atoms with E-state index in [2.05, 4.69) is 9.71 Å². The zero-order chi connectivity index (χ0) is 18.9. The summed E-state index contributed by atoms with van der Waals surface area (Å²) in [6.45, 7) is 3.45. The number of aromatic amines is 1. The van der Waals surface area contributed by atoms with Crippen LogP contribution in [0.25, 0.3) is 10.9 Å². The topological polar surface area (TPSA) is 102 Å². The highest BCUT2D eigenvalue weighted by Gasteiger charge is 2.23. The number of nitrogens with one attached hydrogen (secondary N) is 2. The fourth-order valence-electron chi connectivity index (χ4n) is 2.94. The molecule has 26 heavy (non-hydrogen) atoms. The number of benzene rings is 2. The van der Waals surface area contributed by atoms with E-state index in [1.807, 2.05) is 24.3 Å². The van der Waals surface area contributed by atoms with E-state index >= 15 is 0 Å². The molecule has 0 spiro atoms. The maximum Gasteiger partial charge on any atom is 0.241 e. The number of rotatable bonds is 6. The van der Waals surface area contributed by atoms with Gasteiger partial charge in [0, 0.05) is 17.1 Å². The number of aromatic nitrogens is 1. The van der Waals surface area contributed by atoms with Crippen LogP contribution in [0.1, 0.15) is 16.7 Å². The number of hydrogen-bond acceptors (Lipinski definition) is 4. The molecule has 0 radical (unpaired) electrons. The molecule has 2 N–H and O–H groups in total. The Morgan fingerprint density at radius 2 is 1.92 bits per heavy atom. The van der Waals surface area contributed by atoms with Gasteiger partial charge < -0.3 is 14.9 Å². The first-order valence-corrected chi connectivity index (χ1v) is 9.61. The van der Waals surface area contributed by atoms with Crippen molar-refractivity contribution in [2.45, 2.75) is 31.2 Å². The highest BCUT2D eigenvalue weighted by atomic mass is 32.2. The van der Waals surface area contributed by atoms with E-state index in [0.29, 0.717) is 11.1 Å². The number of carbonyl (C=O) groups excluding carboxylic acids is 1. The first kappa shape index (κ1) is 18.2. The molecule has 1 unspecified atom stereocenters. The molecule has 1 aromatic heterocycles. The molecule has 0 aliphatic carbocycles. The van der Waals surface area contributed by atoms with Crippen molar-refractivity contribution in [2.75, 3.05) is 0 Å². The zero-order valence-electron chi connectivity index (χ0n) is 14.4. The molecule has 0 aliphatic heterocycles. The van der Waals surface area contributed by atoms with Gasteiger partial charge >= 0.3 is 0 Å². The number of sulfonamides is 1. The van der Waals surface area contributed by atoms with Gasteiger partial charge in [0.05, 0.1) is 16.9 Å². The van der Waals surface area contributed by atoms with Gasteiger partial charge in [-0.05, 0) is 49.1 Å². The average Bonchev–Trinajstić information content (AvgIpc) is 2.99. The normalized spacial score (nSPS) is 13.0. The molecular formula is C19H19N2O4S-. The number of para-hydroxylation sites is 1. The lowest BCUT2D eigenvalue weighted by Gasteiger charge is -2.20. The predicted molar refractivity (Wildman–Crippen MR) is 97.0 cm³/mol. The summed E-state index contributed by atoms with van der Waals surface area (Å²) in [4.78, 5) is 14.7. The van der Waals surface area contributed by atoms with Gasteiger partial charge in [0.25, 0.3) is 0 Å². The van der Waals surface area contributed by atoms with Crippen molar-refractivity contribution in [2.24, 2.45) is 0 Å². The van der Waals surface area contributed by atoms with Crippen LogP contribution in [0.3, 0.4) is 0 Å². The van der Waals surface area contributed by atoms with Crippen LogP contribution in [0, 0.1) is 13.8 Å². The summed E-state index contributed by atoms with van der Waals surface area (Å²) in [6, 6.07) is 11.1. The molecular weight excluding hydrogens is 352 g/mol. The molecule has 3 rings (SSSR count). The Morgan fingerprint density at radius 1 is 1.19 bits per heavy atom. The smallest absolute Gasteiger partial charge is 0.241 e. The van der Waals surface area contributed by atoms with E-state index in [4.69, 9.17) is 0 Å². The lowest BCUT2D eigenvalue weighted by atomic mass is 10.1. The maximum atomic E-state index is 12.7. The second-order valence-electron chi connectivity index (χ2n) is 6.33. The number of carbonyl (C=O) groups is 1. The number of aliphatic carboxylic acids is 1. The zero-order valence-corrected chi connectivity index (χ0v) is 15.3. The Morgan fingerprint density at radius 3 is 2.65 bits per heavy atom. The van der Waals surface area contributed by atoms with Crippen LogP contribution in [-0.4, -0.2) is 25.4 Å². The average molecular weight is 371 g/mol. The van der Waals surface area contributed by atoms with Crippen molar-refractivity contribution < 1.29 is 18.3 Å². The SMILES string of the molecule is Cc1ccc(C)c(S(=O)(=O)NC(Cc2c[nH]c3ccccc23)C(=O)[O-])c1. The molecule has 3 aromatic rings. The summed E-state index contributed by atoms with van der Waals surface area (Å²) in [5.74, 6) is -1.47. The number of carboxylic acid groups (broad SMARTS) is 1. The minimum absolute atomic E-state index is 0.0174. The van der Waals surface area contributed by atoms with Crippen molar-refractivity contribution in [3.63, 3.8) is 0 Å². The Kier molecular flexibility index (Phi) is 4.84. The van der Waals surface area contributed by atoms with Gasteiger partial charge in [-0.1, -0.05) is 30.3 Å². The molecule has 0 aliphatic rings. The second-order valence-corrected chi connectivity index (χ2v) is 8.01. The first-order chi connectivity index (χ1) is 12.3. The van der Waals surface area contributed by atoms with Crippen LogP contribution < -0.4 is 9.83 Å².